The lowest BCUT2D eigenvalue weighted by Gasteiger charge is -2.20. The van der Waals surface area contributed by atoms with Crippen molar-refractivity contribution in [3.8, 4) is 0 Å². The van der Waals surface area contributed by atoms with Crippen molar-refractivity contribution in [2.45, 2.75) is 25.2 Å². The third-order valence-corrected chi connectivity index (χ3v) is 4.89. The topological polar surface area (TPSA) is 92.6 Å². The fourth-order valence-electron chi connectivity index (χ4n) is 1.86. The van der Waals surface area contributed by atoms with Gasteiger partial charge in [-0.1, -0.05) is 13.8 Å². The Labute approximate surface area is 118 Å². The van der Waals surface area contributed by atoms with Gasteiger partial charge >= 0.3 is 0 Å². The molecule has 0 aromatic heterocycles. The molecule has 0 saturated heterocycles. The van der Waals surface area contributed by atoms with E-state index >= 15 is 0 Å². The Balaban J connectivity index is 3.45. The molecule has 0 spiro atoms. The lowest BCUT2D eigenvalue weighted by molar-refractivity contribution is -0.387. The number of hydrogen-bond acceptors (Lipinski definition) is 5. The van der Waals surface area contributed by atoms with E-state index < -0.39 is 20.6 Å². The Hall–Kier alpha value is -1.67. The quantitative estimate of drug-likeness (QED) is 0.614. The lowest BCUT2D eigenvalue weighted by atomic mass is 10.3. The second kappa shape index (κ2) is 6.67. The second-order valence-corrected chi connectivity index (χ2v) is 6.09. The summed E-state index contributed by atoms with van der Waals surface area (Å²) in [5.74, 6) is 0. The van der Waals surface area contributed by atoms with Gasteiger partial charge in [-0.15, -0.1) is 0 Å². The van der Waals surface area contributed by atoms with Crippen LogP contribution in [-0.4, -0.2) is 37.8 Å². The van der Waals surface area contributed by atoms with Crippen LogP contribution in [0, 0.1) is 10.1 Å². The van der Waals surface area contributed by atoms with Crippen LogP contribution in [0.4, 0.5) is 11.4 Å². The number of nitrogens with one attached hydrogen (secondary N) is 1. The maximum absolute atomic E-state index is 12.5. The molecule has 0 aliphatic heterocycles. The van der Waals surface area contributed by atoms with Gasteiger partial charge in [0.1, 0.15) is 0 Å². The second-order valence-electron chi connectivity index (χ2n) is 4.19. The van der Waals surface area contributed by atoms with Crippen LogP contribution in [0.15, 0.2) is 23.1 Å². The van der Waals surface area contributed by atoms with Crippen LogP contribution in [0.2, 0.25) is 0 Å². The monoisotopic (exact) mass is 301 g/mol. The van der Waals surface area contributed by atoms with Gasteiger partial charge < -0.3 is 5.32 Å². The molecule has 0 fully saturated rings. The zero-order valence-electron chi connectivity index (χ0n) is 11.8. The average molecular weight is 301 g/mol. The summed E-state index contributed by atoms with van der Waals surface area (Å²) in [5.41, 5.74) is 0.111. The Morgan fingerprint density at radius 1 is 1.35 bits per heavy atom. The summed E-state index contributed by atoms with van der Waals surface area (Å²) in [6.07, 6.45) is 0.645. The van der Waals surface area contributed by atoms with Gasteiger partial charge in [0.05, 0.1) is 4.92 Å². The molecule has 8 heteroatoms. The Morgan fingerprint density at radius 3 is 2.45 bits per heavy atom. The van der Waals surface area contributed by atoms with Crippen LogP contribution in [0.25, 0.3) is 0 Å². The first-order valence-electron chi connectivity index (χ1n) is 6.34. The average Bonchev–Trinajstić information content (AvgIpc) is 2.43. The first-order valence-corrected chi connectivity index (χ1v) is 7.78. The van der Waals surface area contributed by atoms with Crippen molar-refractivity contribution in [3.05, 3.63) is 28.3 Å². The van der Waals surface area contributed by atoms with E-state index in [1.54, 1.807) is 14.0 Å². The van der Waals surface area contributed by atoms with Crippen LogP contribution >= 0.6 is 0 Å². The number of sulfonamides is 1. The number of hydrogen-bond donors (Lipinski definition) is 1. The van der Waals surface area contributed by atoms with Crippen LogP contribution in [-0.2, 0) is 10.0 Å². The number of nitrogens with zero attached hydrogens (tertiary/aromatic N) is 2. The molecule has 7 nitrogen and oxygen atoms in total. The summed E-state index contributed by atoms with van der Waals surface area (Å²) in [6, 6.07) is 3.98. The van der Waals surface area contributed by atoms with Crippen molar-refractivity contribution in [2.24, 2.45) is 0 Å². The molecule has 0 saturated carbocycles. The zero-order valence-corrected chi connectivity index (χ0v) is 12.6. The summed E-state index contributed by atoms with van der Waals surface area (Å²) < 4.78 is 26.3. The molecular formula is C12H19N3O4S. The zero-order chi connectivity index (χ0) is 15.3. The van der Waals surface area contributed by atoms with E-state index in [0.717, 1.165) is 0 Å². The molecule has 112 valence electrons. The van der Waals surface area contributed by atoms with Crippen LogP contribution in [0.1, 0.15) is 20.3 Å². The van der Waals surface area contributed by atoms with Crippen LogP contribution < -0.4 is 5.32 Å². The highest BCUT2D eigenvalue weighted by Gasteiger charge is 2.30. The molecule has 1 rings (SSSR count). The lowest BCUT2D eigenvalue weighted by Crippen LogP contribution is -2.32. The number of nitro groups is 1. The summed E-state index contributed by atoms with van der Waals surface area (Å²) in [4.78, 5) is 10.1. The maximum atomic E-state index is 12.5. The number of benzene rings is 1. The Bertz CT molecular complexity index is 586. The van der Waals surface area contributed by atoms with Crippen molar-refractivity contribution >= 4 is 21.4 Å². The molecule has 0 aliphatic carbocycles. The Kier molecular flexibility index (Phi) is 5.46. The van der Waals surface area contributed by atoms with Gasteiger partial charge in [-0.3, -0.25) is 10.1 Å². The van der Waals surface area contributed by atoms with E-state index in [4.69, 9.17) is 0 Å². The van der Waals surface area contributed by atoms with Gasteiger partial charge in [0.25, 0.3) is 5.69 Å². The Morgan fingerprint density at radius 2 is 2.00 bits per heavy atom. The SMILES string of the molecule is CCCN(CC)S(=O)(=O)c1cc(NC)ccc1[N+](=O)[O-]. The van der Waals surface area contributed by atoms with Crippen molar-refractivity contribution in [3.63, 3.8) is 0 Å². The molecule has 0 bridgehead atoms. The van der Waals surface area contributed by atoms with Gasteiger partial charge in [0, 0.05) is 31.9 Å². The van der Waals surface area contributed by atoms with Crippen molar-refractivity contribution < 1.29 is 13.3 Å². The number of nitro benzene ring substituents is 1. The first kappa shape index (κ1) is 16.4. The highest BCUT2D eigenvalue weighted by atomic mass is 32.2. The summed E-state index contributed by atoms with van der Waals surface area (Å²) in [5, 5.41) is 13.8. The van der Waals surface area contributed by atoms with E-state index in [0.29, 0.717) is 18.7 Å². The molecule has 0 heterocycles. The molecule has 0 amide bonds. The van der Waals surface area contributed by atoms with Crippen LogP contribution in [0.5, 0.6) is 0 Å². The third kappa shape index (κ3) is 3.26. The van der Waals surface area contributed by atoms with Gasteiger partial charge in [0.15, 0.2) is 4.90 Å². The minimum Gasteiger partial charge on any atom is -0.388 e. The van der Waals surface area contributed by atoms with Gasteiger partial charge in [-0.2, -0.15) is 4.31 Å². The molecule has 0 atom stereocenters. The summed E-state index contributed by atoms with van der Waals surface area (Å²) in [6.45, 7) is 4.18. The smallest absolute Gasteiger partial charge is 0.289 e. The maximum Gasteiger partial charge on any atom is 0.289 e. The molecular weight excluding hydrogens is 282 g/mol. The highest BCUT2D eigenvalue weighted by Crippen LogP contribution is 2.29. The molecule has 1 aromatic carbocycles. The fraction of sp³-hybridized carbons (Fsp3) is 0.500. The molecule has 1 N–H and O–H groups in total. The minimum absolute atomic E-state index is 0.273. The number of rotatable bonds is 7. The standard InChI is InChI=1S/C12H19N3O4S/c1-4-8-14(5-2)20(18,19)12-9-10(13-3)6-7-11(12)15(16)17/h6-7,9,13H,4-5,8H2,1-3H3. The van der Waals surface area contributed by atoms with E-state index in [1.165, 1.54) is 22.5 Å². The minimum atomic E-state index is -3.87. The predicted octanol–water partition coefficient (Wildman–Crippen LogP) is 2.06. The van der Waals surface area contributed by atoms with Gasteiger partial charge in [-0.25, -0.2) is 8.42 Å². The summed E-state index contributed by atoms with van der Waals surface area (Å²) in [7, 11) is -2.24. The fourth-order valence-corrected chi connectivity index (χ4v) is 3.59. The first-order chi connectivity index (χ1) is 9.38. The number of anilines is 1. The van der Waals surface area contributed by atoms with Gasteiger partial charge in [-0.05, 0) is 18.6 Å². The van der Waals surface area contributed by atoms with Crippen molar-refractivity contribution in [1.82, 2.24) is 4.31 Å². The largest absolute Gasteiger partial charge is 0.388 e. The normalized spacial score (nSPS) is 11.6. The molecule has 0 radical (unpaired) electrons. The highest BCUT2D eigenvalue weighted by molar-refractivity contribution is 7.89. The van der Waals surface area contributed by atoms with Gasteiger partial charge in [0.2, 0.25) is 10.0 Å². The third-order valence-electron chi connectivity index (χ3n) is 2.89. The van der Waals surface area contributed by atoms with Crippen molar-refractivity contribution in [1.29, 1.82) is 0 Å². The molecule has 1 aromatic rings. The van der Waals surface area contributed by atoms with E-state index in [1.807, 2.05) is 6.92 Å². The van der Waals surface area contributed by atoms with E-state index in [-0.39, 0.29) is 11.4 Å². The van der Waals surface area contributed by atoms with E-state index in [9.17, 15) is 18.5 Å². The van der Waals surface area contributed by atoms with Crippen molar-refractivity contribution in [2.75, 3.05) is 25.5 Å². The summed E-state index contributed by atoms with van der Waals surface area (Å²) >= 11 is 0. The molecule has 0 unspecified atom stereocenters. The van der Waals surface area contributed by atoms with E-state index in [2.05, 4.69) is 5.32 Å². The van der Waals surface area contributed by atoms with Crippen LogP contribution in [0.3, 0.4) is 0 Å². The predicted molar refractivity (Wildman–Crippen MR) is 77.4 cm³/mol. The molecule has 20 heavy (non-hydrogen) atoms. The molecule has 0 aliphatic rings.